The predicted molar refractivity (Wildman–Crippen MR) is 264 cm³/mol. The van der Waals surface area contributed by atoms with Gasteiger partial charge < -0.3 is 9.80 Å². The molecule has 0 saturated heterocycles. The molecule has 0 bridgehead atoms. The van der Waals surface area contributed by atoms with Gasteiger partial charge in [0, 0.05) is 33.6 Å². The van der Waals surface area contributed by atoms with Crippen LogP contribution in [0, 0.1) is 11.8 Å². The first kappa shape index (κ1) is 38.8. The van der Waals surface area contributed by atoms with Crippen molar-refractivity contribution >= 4 is 34.1 Å². The molecule has 7 aromatic carbocycles. The van der Waals surface area contributed by atoms with Crippen molar-refractivity contribution in [3.63, 3.8) is 0 Å². The number of para-hydroxylation sites is 3. The highest BCUT2D eigenvalue weighted by Crippen LogP contribution is 2.66. The fourth-order valence-corrected chi connectivity index (χ4v) is 13.9. The van der Waals surface area contributed by atoms with Crippen molar-refractivity contribution in [2.24, 2.45) is 11.8 Å². The summed E-state index contributed by atoms with van der Waals surface area (Å²) in [7, 11) is 0. The van der Waals surface area contributed by atoms with E-state index in [0.717, 1.165) is 12.8 Å². The molecule has 0 heterocycles. The molecule has 3 unspecified atom stereocenters. The molecule has 0 aromatic heterocycles. The maximum atomic E-state index is 2.71. The first-order valence-electron chi connectivity index (χ1n) is 24.3. The molecule has 2 nitrogen and oxygen atoms in total. The lowest BCUT2D eigenvalue weighted by Crippen LogP contribution is -2.40. The molecule has 12 rings (SSSR count). The maximum absolute atomic E-state index is 2.71. The van der Waals surface area contributed by atoms with Crippen molar-refractivity contribution in [1.29, 1.82) is 0 Å². The maximum Gasteiger partial charge on any atom is 0.0505 e. The van der Waals surface area contributed by atoms with Crippen LogP contribution in [-0.2, 0) is 23.7 Å². The molecule has 2 saturated carbocycles. The van der Waals surface area contributed by atoms with Gasteiger partial charge in [0.15, 0.2) is 0 Å². The van der Waals surface area contributed by atoms with E-state index >= 15 is 0 Å². The average molecular weight is 821 g/mol. The Morgan fingerprint density at radius 2 is 0.937 bits per heavy atom. The second kappa shape index (κ2) is 15.4. The molecule has 314 valence electrons. The minimum atomic E-state index is -0.135. The second-order valence-electron chi connectivity index (χ2n) is 20.1. The lowest BCUT2D eigenvalue weighted by Gasteiger charge is -2.45. The van der Waals surface area contributed by atoms with Crippen molar-refractivity contribution in [2.75, 3.05) is 9.80 Å². The predicted octanol–water partition coefficient (Wildman–Crippen LogP) is 16.6. The molecule has 0 N–H and O–H groups in total. The topological polar surface area (TPSA) is 6.48 Å². The third-order valence-electron chi connectivity index (χ3n) is 16.5. The van der Waals surface area contributed by atoms with Crippen molar-refractivity contribution in [3.05, 3.63) is 203 Å². The van der Waals surface area contributed by atoms with E-state index in [1.807, 2.05) is 0 Å². The van der Waals surface area contributed by atoms with E-state index in [9.17, 15) is 0 Å². The number of benzene rings is 7. The van der Waals surface area contributed by atoms with Crippen LogP contribution in [0.2, 0.25) is 0 Å². The zero-order valence-electron chi connectivity index (χ0n) is 37.2. The van der Waals surface area contributed by atoms with Crippen molar-refractivity contribution in [3.8, 4) is 11.1 Å². The van der Waals surface area contributed by atoms with Gasteiger partial charge in [-0.15, -0.1) is 0 Å². The Kier molecular flexibility index (Phi) is 9.51. The Bertz CT molecular complexity index is 2800. The summed E-state index contributed by atoms with van der Waals surface area (Å²) in [6.45, 7) is 4.83. The van der Waals surface area contributed by atoms with E-state index < -0.39 is 0 Å². The van der Waals surface area contributed by atoms with Crippen LogP contribution in [0.5, 0.6) is 0 Å². The molecule has 2 heteroatoms. The first-order valence-corrected chi connectivity index (χ1v) is 24.3. The highest BCUT2D eigenvalue weighted by atomic mass is 15.2. The number of rotatable bonds is 7. The lowest BCUT2D eigenvalue weighted by molar-refractivity contribution is 0.205. The Hall–Kier alpha value is -5.86. The first-order chi connectivity index (χ1) is 31.0. The number of hydrogen-bond donors (Lipinski definition) is 0. The second-order valence-corrected chi connectivity index (χ2v) is 20.1. The molecule has 3 atom stereocenters. The SMILES string of the molecule is CC1(C)c2ccccc2-c2ccc(N(c3ccccc3)c3cccc4c3C35c6c(cccc6N(c6ccccc6)c6ccccc6C6CCCCC6)CC3CCCCCC5C4)cc21. The molecular formula is C61H60N2. The summed E-state index contributed by atoms with van der Waals surface area (Å²) in [5.74, 6) is 1.64. The van der Waals surface area contributed by atoms with Gasteiger partial charge in [-0.25, -0.2) is 0 Å². The molecule has 2 fully saturated rings. The number of hydrogen-bond acceptors (Lipinski definition) is 2. The van der Waals surface area contributed by atoms with Gasteiger partial charge in [-0.3, -0.25) is 0 Å². The summed E-state index contributed by atoms with van der Waals surface area (Å²) in [5, 5.41) is 0. The largest absolute Gasteiger partial charge is 0.310 e. The molecule has 0 amide bonds. The summed E-state index contributed by atoms with van der Waals surface area (Å²) >= 11 is 0. The van der Waals surface area contributed by atoms with Crippen molar-refractivity contribution in [1.82, 2.24) is 0 Å². The zero-order chi connectivity index (χ0) is 42.1. The van der Waals surface area contributed by atoms with E-state index in [1.165, 1.54) is 126 Å². The van der Waals surface area contributed by atoms with Crippen molar-refractivity contribution < 1.29 is 0 Å². The third kappa shape index (κ3) is 6.03. The van der Waals surface area contributed by atoms with Crippen LogP contribution in [-0.4, -0.2) is 0 Å². The number of fused-ring (bicyclic) bond motifs is 5. The highest BCUT2D eigenvalue weighted by Gasteiger charge is 2.59. The van der Waals surface area contributed by atoms with Crippen LogP contribution in [0.4, 0.5) is 34.1 Å². The third-order valence-corrected chi connectivity index (χ3v) is 16.5. The van der Waals surface area contributed by atoms with Crippen LogP contribution >= 0.6 is 0 Å². The Balaban J connectivity index is 1.11. The van der Waals surface area contributed by atoms with Gasteiger partial charge in [0.05, 0.1) is 11.4 Å². The quantitative estimate of drug-likeness (QED) is 0.158. The Morgan fingerprint density at radius 1 is 0.413 bits per heavy atom. The highest BCUT2D eigenvalue weighted by molar-refractivity contribution is 5.89. The normalized spacial score (nSPS) is 21.8. The summed E-state index contributed by atoms with van der Waals surface area (Å²) in [6.07, 6.45) is 15.3. The summed E-state index contributed by atoms with van der Waals surface area (Å²) in [6, 6.07) is 63.4. The monoisotopic (exact) mass is 820 g/mol. The number of anilines is 6. The van der Waals surface area contributed by atoms with Gasteiger partial charge >= 0.3 is 0 Å². The average Bonchev–Trinajstić information content (AvgIpc) is 3.91. The summed E-state index contributed by atoms with van der Waals surface area (Å²) < 4.78 is 0. The zero-order valence-corrected chi connectivity index (χ0v) is 37.2. The molecule has 0 aliphatic heterocycles. The molecule has 5 aliphatic carbocycles. The summed E-state index contributed by atoms with van der Waals surface area (Å²) in [5.41, 5.74) is 21.0. The van der Waals surface area contributed by atoms with Gasteiger partial charge in [-0.05, 0) is 161 Å². The van der Waals surface area contributed by atoms with Crippen LogP contribution in [0.25, 0.3) is 11.1 Å². The van der Waals surface area contributed by atoms with Crippen molar-refractivity contribution in [2.45, 2.75) is 108 Å². The van der Waals surface area contributed by atoms with Gasteiger partial charge in [0.1, 0.15) is 0 Å². The number of nitrogens with zero attached hydrogens (tertiary/aromatic N) is 2. The molecule has 5 aliphatic rings. The van der Waals surface area contributed by atoms with E-state index in [4.69, 9.17) is 0 Å². The van der Waals surface area contributed by atoms with Gasteiger partial charge in [-0.2, -0.15) is 0 Å². The van der Waals surface area contributed by atoms with E-state index in [1.54, 1.807) is 22.3 Å². The summed E-state index contributed by atoms with van der Waals surface area (Å²) in [4.78, 5) is 5.37. The Labute approximate surface area is 375 Å². The van der Waals surface area contributed by atoms with Crippen LogP contribution in [0.15, 0.2) is 164 Å². The fraction of sp³-hybridized carbons (Fsp3) is 0.311. The molecule has 1 spiro atoms. The minimum absolute atomic E-state index is 0.0918. The molecule has 7 aromatic rings. The smallest absolute Gasteiger partial charge is 0.0505 e. The van der Waals surface area contributed by atoms with Gasteiger partial charge in [-0.1, -0.05) is 162 Å². The lowest BCUT2D eigenvalue weighted by atomic mass is 9.60. The minimum Gasteiger partial charge on any atom is -0.310 e. The van der Waals surface area contributed by atoms with Crippen LogP contribution < -0.4 is 9.80 Å². The van der Waals surface area contributed by atoms with E-state index in [-0.39, 0.29) is 10.8 Å². The molecular weight excluding hydrogens is 761 g/mol. The van der Waals surface area contributed by atoms with E-state index in [0.29, 0.717) is 17.8 Å². The molecule has 0 radical (unpaired) electrons. The van der Waals surface area contributed by atoms with Gasteiger partial charge in [0.25, 0.3) is 0 Å². The van der Waals surface area contributed by atoms with Crippen LogP contribution in [0.1, 0.15) is 123 Å². The Morgan fingerprint density at radius 3 is 1.60 bits per heavy atom. The molecule has 63 heavy (non-hydrogen) atoms. The van der Waals surface area contributed by atoms with E-state index in [2.05, 4.69) is 187 Å². The fourth-order valence-electron chi connectivity index (χ4n) is 13.9. The van der Waals surface area contributed by atoms with Gasteiger partial charge in [0.2, 0.25) is 0 Å². The standard InChI is InChI=1S/C61H60N2/c1-60(2)53-33-17-15-32-51(53)52-38-37-49(41-54(52)60)62(47-27-11-5-12-28-47)56-35-19-23-43-39-45-25-9-4-10-26-46-40-44-24-20-36-57(59(44)61(45,46)58(43)56)63(48-29-13-6-14-30-48)55-34-18-16-31-50(55)42-21-7-3-8-22-42/h5-6,11-20,23-24,27-38,41-42,45-46H,3-4,7-10,21-22,25-26,39-40H2,1-2H3. The van der Waals surface area contributed by atoms with Crippen LogP contribution in [0.3, 0.4) is 0 Å².